The maximum atomic E-state index is 3.64. The van der Waals surface area contributed by atoms with Gasteiger partial charge in [0.05, 0.1) is 0 Å². The first-order chi connectivity index (χ1) is 8.74. The van der Waals surface area contributed by atoms with Crippen molar-refractivity contribution in [1.29, 1.82) is 0 Å². The average Bonchev–Trinajstić information content (AvgIpc) is 2.31. The van der Waals surface area contributed by atoms with Crippen LogP contribution in [0.1, 0.15) is 78.6 Å². The van der Waals surface area contributed by atoms with Gasteiger partial charge < -0.3 is 5.32 Å². The van der Waals surface area contributed by atoms with Crippen LogP contribution < -0.4 is 5.32 Å². The maximum Gasteiger partial charge on any atom is -0.00178 e. The fourth-order valence-electron chi connectivity index (χ4n) is 3.03. The minimum Gasteiger partial charge on any atom is -0.316 e. The van der Waals surface area contributed by atoms with Crippen molar-refractivity contribution in [2.45, 2.75) is 78.6 Å². The van der Waals surface area contributed by atoms with Gasteiger partial charge >= 0.3 is 0 Å². The molecule has 0 aromatic carbocycles. The molecule has 2 atom stereocenters. The third-order valence-electron chi connectivity index (χ3n) is 4.46. The Hall–Kier alpha value is -0.0400. The van der Waals surface area contributed by atoms with Gasteiger partial charge in [-0.3, -0.25) is 0 Å². The highest BCUT2D eigenvalue weighted by molar-refractivity contribution is 4.82. The van der Waals surface area contributed by atoms with E-state index in [-0.39, 0.29) is 0 Å². The molecule has 18 heavy (non-hydrogen) atoms. The van der Waals surface area contributed by atoms with E-state index in [4.69, 9.17) is 0 Å². The SMILES string of the molecule is CCCCCCCCC1CCC1CNCC(C)C. The Morgan fingerprint density at radius 3 is 2.22 bits per heavy atom. The highest BCUT2D eigenvalue weighted by atomic mass is 14.9. The van der Waals surface area contributed by atoms with Crippen LogP contribution in [0.15, 0.2) is 0 Å². The predicted octanol–water partition coefficient (Wildman–Crippen LogP) is 5.01. The Morgan fingerprint density at radius 1 is 0.944 bits per heavy atom. The lowest BCUT2D eigenvalue weighted by molar-refractivity contribution is 0.155. The monoisotopic (exact) mass is 253 g/mol. The van der Waals surface area contributed by atoms with Gasteiger partial charge in [-0.05, 0) is 43.7 Å². The van der Waals surface area contributed by atoms with Crippen molar-refractivity contribution in [1.82, 2.24) is 5.32 Å². The summed E-state index contributed by atoms with van der Waals surface area (Å²) < 4.78 is 0. The van der Waals surface area contributed by atoms with Gasteiger partial charge in [-0.1, -0.05) is 65.7 Å². The Morgan fingerprint density at radius 2 is 1.61 bits per heavy atom. The summed E-state index contributed by atoms with van der Waals surface area (Å²) in [4.78, 5) is 0. The predicted molar refractivity (Wildman–Crippen MR) is 81.9 cm³/mol. The largest absolute Gasteiger partial charge is 0.316 e. The van der Waals surface area contributed by atoms with Gasteiger partial charge in [0.15, 0.2) is 0 Å². The van der Waals surface area contributed by atoms with Crippen molar-refractivity contribution >= 4 is 0 Å². The third-order valence-corrected chi connectivity index (χ3v) is 4.46. The first-order valence-corrected chi connectivity index (χ1v) is 8.44. The van der Waals surface area contributed by atoms with E-state index in [0.717, 1.165) is 17.8 Å². The highest BCUT2D eigenvalue weighted by Crippen LogP contribution is 2.37. The van der Waals surface area contributed by atoms with Crippen LogP contribution in [0.5, 0.6) is 0 Å². The van der Waals surface area contributed by atoms with Crippen LogP contribution in [0.4, 0.5) is 0 Å². The second-order valence-electron chi connectivity index (χ2n) is 6.71. The fraction of sp³-hybridized carbons (Fsp3) is 1.00. The fourth-order valence-corrected chi connectivity index (χ4v) is 3.03. The van der Waals surface area contributed by atoms with Gasteiger partial charge in [-0.25, -0.2) is 0 Å². The Balaban J connectivity index is 1.92. The van der Waals surface area contributed by atoms with Gasteiger partial charge in [0.2, 0.25) is 0 Å². The van der Waals surface area contributed by atoms with Crippen molar-refractivity contribution in [2.75, 3.05) is 13.1 Å². The van der Waals surface area contributed by atoms with Crippen LogP contribution in [-0.4, -0.2) is 13.1 Å². The first kappa shape index (κ1) is 16.0. The summed E-state index contributed by atoms with van der Waals surface area (Å²) in [5.41, 5.74) is 0. The zero-order valence-electron chi connectivity index (χ0n) is 13.0. The van der Waals surface area contributed by atoms with Gasteiger partial charge in [0.25, 0.3) is 0 Å². The van der Waals surface area contributed by atoms with E-state index < -0.39 is 0 Å². The molecule has 1 saturated carbocycles. The van der Waals surface area contributed by atoms with Crippen molar-refractivity contribution in [3.05, 3.63) is 0 Å². The molecule has 1 rings (SSSR count). The average molecular weight is 253 g/mol. The molecule has 1 aliphatic rings. The first-order valence-electron chi connectivity index (χ1n) is 8.44. The summed E-state index contributed by atoms with van der Waals surface area (Å²) in [6.45, 7) is 9.35. The molecule has 0 spiro atoms. The smallest absolute Gasteiger partial charge is 0.00178 e. The second-order valence-corrected chi connectivity index (χ2v) is 6.71. The van der Waals surface area contributed by atoms with Crippen LogP contribution in [0.25, 0.3) is 0 Å². The Kier molecular flexibility index (Phi) is 8.75. The highest BCUT2D eigenvalue weighted by Gasteiger charge is 2.29. The van der Waals surface area contributed by atoms with Crippen LogP contribution >= 0.6 is 0 Å². The second kappa shape index (κ2) is 9.83. The molecule has 0 heterocycles. The lowest BCUT2D eigenvalue weighted by atomic mass is 9.71. The summed E-state index contributed by atoms with van der Waals surface area (Å²) in [5.74, 6) is 2.84. The van der Waals surface area contributed by atoms with Crippen LogP contribution in [0.2, 0.25) is 0 Å². The molecule has 1 heteroatoms. The zero-order chi connectivity index (χ0) is 13.2. The summed E-state index contributed by atoms with van der Waals surface area (Å²) in [7, 11) is 0. The molecular weight excluding hydrogens is 218 g/mol. The van der Waals surface area contributed by atoms with E-state index in [1.807, 2.05) is 0 Å². The zero-order valence-corrected chi connectivity index (χ0v) is 13.0. The molecule has 1 aliphatic carbocycles. The molecule has 0 bridgehead atoms. The van der Waals surface area contributed by atoms with E-state index in [0.29, 0.717) is 0 Å². The summed E-state index contributed by atoms with van der Waals surface area (Å²) in [6.07, 6.45) is 13.2. The summed E-state index contributed by atoms with van der Waals surface area (Å²) in [6, 6.07) is 0. The molecule has 0 radical (unpaired) electrons. The molecule has 2 unspecified atom stereocenters. The number of hydrogen-bond acceptors (Lipinski definition) is 1. The summed E-state index contributed by atoms with van der Waals surface area (Å²) >= 11 is 0. The lowest BCUT2D eigenvalue weighted by Crippen LogP contribution is -2.36. The topological polar surface area (TPSA) is 12.0 Å². The molecule has 0 aromatic rings. The lowest BCUT2D eigenvalue weighted by Gasteiger charge is -2.37. The number of nitrogens with one attached hydrogen (secondary N) is 1. The quantitative estimate of drug-likeness (QED) is 0.510. The molecule has 0 amide bonds. The molecule has 108 valence electrons. The van der Waals surface area contributed by atoms with Crippen LogP contribution in [-0.2, 0) is 0 Å². The minimum atomic E-state index is 0.794. The van der Waals surface area contributed by atoms with E-state index in [9.17, 15) is 0 Å². The number of hydrogen-bond donors (Lipinski definition) is 1. The van der Waals surface area contributed by atoms with Crippen LogP contribution in [0, 0.1) is 17.8 Å². The molecule has 0 aromatic heterocycles. The molecular formula is C17H35N. The van der Waals surface area contributed by atoms with Crippen molar-refractivity contribution < 1.29 is 0 Å². The molecule has 1 fully saturated rings. The van der Waals surface area contributed by atoms with E-state index >= 15 is 0 Å². The van der Waals surface area contributed by atoms with Gasteiger partial charge in [0.1, 0.15) is 0 Å². The number of unbranched alkanes of at least 4 members (excludes halogenated alkanes) is 5. The standard InChI is InChI=1S/C17H35N/c1-4-5-6-7-8-9-10-16-11-12-17(16)14-18-13-15(2)3/h15-18H,4-14H2,1-3H3. The van der Waals surface area contributed by atoms with Gasteiger partial charge in [-0.2, -0.15) is 0 Å². The maximum absolute atomic E-state index is 3.64. The third kappa shape index (κ3) is 6.78. The van der Waals surface area contributed by atoms with Crippen molar-refractivity contribution in [2.24, 2.45) is 17.8 Å². The minimum absolute atomic E-state index is 0.794. The molecule has 0 saturated heterocycles. The van der Waals surface area contributed by atoms with Crippen molar-refractivity contribution in [3.63, 3.8) is 0 Å². The van der Waals surface area contributed by atoms with Gasteiger partial charge in [0, 0.05) is 0 Å². The van der Waals surface area contributed by atoms with Gasteiger partial charge in [-0.15, -0.1) is 0 Å². The van der Waals surface area contributed by atoms with E-state index in [1.165, 1.54) is 70.9 Å². The van der Waals surface area contributed by atoms with E-state index in [1.54, 1.807) is 0 Å². The normalized spacial score (nSPS) is 23.3. The van der Waals surface area contributed by atoms with E-state index in [2.05, 4.69) is 26.1 Å². The molecule has 1 N–H and O–H groups in total. The van der Waals surface area contributed by atoms with Crippen molar-refractivity contribution in [3.8, 4) is 0 Å². The Labute approximate surface area is 115 Å². The molecule has 0 aliphatic heterocycles. The van der Waals surface area contributed by atoms with Crippen LogP contribution in [0.3, 0.4) is 0 Å². The molecule has 1 nitrogen and oxygen atoms in total. The summed E-state index contributed by atoms with van der Waals surface area (Å²) in [5, 5.41) is 3.64. The number of rotatable bonds is 11. The Bertz CT molecular complexity index is 188.